The lowest BCUT2D eigenvalue weighted by molar-refractivity contribution is -0.136. The second kappa shape index (κ2) is 10.9. The van der Waals surface area contributed by atoms with Crippen molar-refractivity contribution in [3.05, 3.63) is 90.0 Å². The number of para-hydroxylation sites is 1. The number of nitrogens with zero attached hydrogens (tertiary/aromatic N) is 3. The first-order valence-corrected chi connectivity index (χ1v) is 11.3. The van der Waals surface area contributed by atoms with Crippen molar-refractivity contribution in [2.75, 3.05) is 42.9 Å². The lowest BCUT2D eigenvalue weighted by Gasteiger charge is -2.40. The van der Waals surface area contributed by atoms with Crippen molar-refractivity contribution in [2.24, 2.45) is 0 Å². The van der Waals surface area contributed by atoms with Crippen LogP contribution in [0, 0.1) is 12.7 Å². The van der Waals surface area contributed by atoms with E-state index in [0.717, 1.165) is 11.1 Å². The van der Waals surface area contributed by atoms with E-state index in [2.05, 4.69) is 20.5 Å². The van der Waals surface area contributed by atoms with Gasteiger partial charge in [-0.15, -0.1) is 0 Å². The summed E-state index contributed by atoms with van der Waals surface area (Å²) in [6.45, 7) is 4.84. The highest BCUT2D eigenvalue weighted by Gasteiger charge is 2.27. The number of hydrogen-bond donors (Lipinski definition) is 2. The van der Waals surface area contributed by atoms with Gasteiger partial charge < -0.3 is 15.5 Å². The molecule has 1 saturated heterocycles. The Kier molecular flexibility index (Phi) is 7.49. The van der Waals surface area contributed by atoms with Gasteiger partial charge in [0.05, 0.1) is 11.7 Å². The van der Waals surface area contributed by atoms with E-state index >= 15 is 0 Å². The number of halogens is 1. The average molecular weight is 462 g/mol. The largest absolute Gasteiger partial charge is 0.367 e. The Morgan fingerprint density at radius 1 is 1.00 bits per heavy atom. The number of pyridine rings is 1. The van der Waals surface area contributed by atoms with Crippen LogP contribution in [0.1, 0.15) is 17.2 Å². The topological polar surface area (TPSA) is 77.6 Å². The highest BCUT2D eigenvalue weighted by atomic mass is 19.1. The molecular formula is C26H28FN5O2. The van der Waals surface area contributed by atoms with Crippen LogP contribution in [0.2, 0.25) is 0 Å². The van der Waals surface area contributed by atoms with Crippen molar-refractivity contribution in [1.29, 1.82) is 0 Å². The van der Waals surface area contributed by atoms with Crippen molar-refractivity contribution < 1.29 is 14.0 Å². The molecule has 34 heavy (non-hydrogen) atoms. The number of aryl methyl sites for hydroxylation is 1. The Morgan fingerprint density at radius 2 is 1.79 bits per heavy atom. The number of aromatic nitrogens is 1. The first kappa shape index (κ1) is 23.4. The third-order valence-electron chi connectivity index (χ3n) is 5.96. The summed E-state index contributed by atoms with van der Waals surface area (Å²) in [6, 6.07) is 17.7. The van der Waals surface area contributed by atoms with Crippen molar-refractivity contribution >= 4 is 23.2 Å². The molecule has 0 bridgehead atoms. The molecule has 0 radical (unpaired) electrons. The molecule has 2 N–H and O–H groups in total. The molecule has 0 saturated carbocycles. The summed E-state index contributed by atoms with van der Waals surface area (Å²) in [5.74, 6) is -1.63. The van der Waals surface area contributed by atoms with Crippen LogP contribution >= 0.6 is 0 Å². The zero-order valence-electron chi connectivity index (χ0n) is 19.1. The third kappa shape index (κ3) is 5.77. The smallest absolute Gasteiger partial charge is 0.313 e. The predicted molar refractivity (Wildman–Crippen MR) is 130 cm³/mol. The van der Waals surface area contributed by atoms with Gasteiger partial charge in [0.25, 0.3) is 0 Å². The molecule has 1 aliphatic heterocycles. The lowest BCUT2D eigenvalue weighted by Crippen LogP contribution is -2.50. The molecule has 1 aromatic heterocycles. The predicted octanol–water partition coefficient (Wildman–Crippen LogP) is 3.15. The van der Waals surface area contributed by atoms with Crippen LogP contribution in [0.5, 0.6) is 0 Å². The quantitative estimate of drug-likeness (QED) is 0.552. The van der Waals surface area contributed by atoms with Crippen LogP contribution in [0.15, 0.2) is 73.1 Å². The second-order valence-electron chi connectivity index (χ2n) is 8.31. The van der Waals surface area contributed by atoms with Crippen molar-refractivity contribution in [2.45, 2.75) is 13.0 Å². The summed E-state index contributed by atoms with van der Waals surface area (Å²) in [5.41, 5.74) is 3.11. The van der Waals surface area contributed by atoms with Gasteiger partial charge in [0.15, 0.2) is 0 Å². The number of amides is 2. The van der Waals surface area contributed by atoms with Gasteiger partial charge >= 0.3 is 11.8 Å². The molecule has 1 aliphatic rings. The molecule has 2 aromatic carbocycles. The van der Waals surface area contributed by atoms with E-state index < -0.39 is 11.8 Å². The van der Waals surface area contributed by atoms with E-state index in [4.69, 9.17) is 0 Å². The van der Waals surface area contributed by atoms with Gasteiger partial charge in [-0.25, -0.2) is 4.39 Å². The average Bonchev–Trinajstić information content (AvgIpc) is 2.85. The number of anilines is 2. The number of nitrogens with one attached hydrogen (secondary N) is 2. The maximum Gasteiger partial charge on any atom is 0.313 e. The van der Waals surface area contributed by atoms with Crippen LogP contribution in [0.4, 0.5) is 15.8 Å². The molecule has 1 atom stereocenters. The van der Waals surface area contributed by atoms with Gasteiger partial charge in [-0.05, 0) is 48.4 Å². The van der Waals surface area contributed by atoms with Crippen LogP contribution in [-0.4, -0.2) is 54.4 Å². The molecule has 8 heteroatoms. The third-order valence-corrected chi connectivity index (χ3v) is 5.96. The molecule has 2 amide bonds. The SMILES string of the molecule is Cc1cccc(NC(=O)C(=O)NC[C@H](c2cccnc2)N2CCN(c3ccccc3F)CC2)c1. The van der Waals surface area contributed by atoms with Crippen molar-refractivity contribution in [3.63, 3.8) is 0 Å². The normalized spacial score (nSPS) is 14.9. The number of rotatable bonds is 6. The summed E-state index contributed by atoms with van der Waals surface area (Å²) in [7, 11) is 0. The first-order chi connectivity index (χ1) is 16.5. The summed E-state index contributed by atoms with van der Waals surface area (Å²) in [4.78, 5) is 33.4. The van der Waals surface area contributed by atoms with E-state index in [9.17, 15) is 14.0 Å². The summed E-state index contributed by atoms with van der Waals surface area (Å²) >= 11 is 0. The molecule has 0 spiro atoms. The zero-order chi connectivity index (χ0) is 23.9. The number of piperazine rings is 1. The van der Waals surface area contributed by atoms with E-state index in [1.54, 1.807) is 36.7 Å². The molecule has 2 heterocycles. The molecule has 1 fully saturated rings. The fourth-order valence-corrected chi connectivity index (χ4v) is 4.19. The molecule has 7 nitrogen and oxygen atoms in total. The highest BCUT2D eigenvalue weighted by molar-refractivity contribution is 6.39. The number of carbonyl (C=O) groups excluding carboxylic acids is 2. The molecule has 176 valence electrons. The lowest BCUT2D eigenvalue weighted by atomic mass is 10.1. The minimum absolute atomic E-state index is 0.160. The zero-order valence-corrected chi connectivity index (χ0v) is 19.1. The van der Waals surface area contributed by atoms with Gasteiger partial charge in [0.2, 0.25) is 0 Å². The van der Waals surface area contributed by atoms with E-state index in [-0.39, 0.29) is 18.4 Å². The van der Waals surface area contributed by atoms with Gasteiger partial charge in [-0.2, -0.15) is 0 Å². The maximum atomic E-state index is 14.2. The summed E-state index contributed by atoms with van der Waals surface area (Å²) in [6.07, 6.45) is 3.47. The second-order valence-corrected chi connectivity index (χ2v) is 8.31. The van der Waals surface area contributed by atoms with Crippen molar-refractivity contribution in [3.8, 4) is 0 Å². The molecule has 0 aliphatic carbocycles. The monoisotopic (exact) mass is 461 g/mol. The van der Waals surface area contributed by atoms with Gasteiger partial charge in [0.1, 0.15) is 5.82 Å². The minimum atomic E-state index is -0.708. The summed E-state index contributed by atoms with van der Waals surface area (Å²) in [5, 5.41) is 5.41. The number of hydrogen-bond acceptors (Lipinski definition) is 5. The standard InChI is InChI=1S/C26H28FN5O2/c1-19-6-4-8-21(16-19)30-26(34)25(33)29-18-24(20-7-5-11-28-17-20)32-14-12-31(13-15-32)23-10-3-2-9-22(23)27/h2-11,16-17,24H,12-15,18H2,1H3,(H,29,33)(H,30,34)/t24-/m1/s1. The number of benzene rings is 2. The van der Waals surface area contributed by atoms with Crippen LogP contribution in [-0.2, 0) is 9.59 Å². The fourth-order valence-electron chi connectivity index (χ4n) is 4.19. The minimum Gasteiger partial charge on any atom is -0.367 e. The highest BCUT2D eigenvalue weighted by Crippen LogP contribution is 2.25. The fraction of sp³-hybridized carbons (Fsp3) is 0.269. The Bertz CT molecular complexity index is 1130. The van der Waals surface area contributed by atoms with Gasteiger partial charge in [-0.3, -0.25) is 19.5 Å². The molecule has 3 aromatic rings. The Labute approximate surface area is 198 Å². The Morgan fingerprint density at radius 3 is 2.50 bits per heavy atom. The first-order valence-electron chi connectivity index (χ1n) is 11.3. The Hall–Kier alpha value is -3.78. The van der Waals surface area contributed by atoms with Crippen LogP contribution in [0.25, 0.3) is 0 Å². The summed E-state index contributed by atoms with van der Waals surface area (Å²) < 4.78 is 14.2. The van der Waals surface area contributed by atoms with E-state index in [0.29, 0.717) is 37.6 Å². The van der Waals surface area contributed by atoms with Crippen LogP contribution in [0.3, 0.4) is 0 Å². The van der Waals surface area contributed by atoms with Gasteiger partial charge in [-0.1, -0.05) is 30.3 Å². The van der Waals surface area contributed by atoms with Crippen LogP contribution < -0.4 is 15.5 Å². The van der Waals surface area contributed by atoms with E-state index in [1.807, 2.05) is 42.2 Å². The van der Waals surface area contributed by atoms with E-state index in [1.165, 1.54) is 6.07 Å². The molecular weight excluding hydrogens is 433 g/mol. The Balaban J connectivity index is 1.39. The van der Waals surface area contributed by atoms with Crippen molar-refractivity contribution in [1.82, 2.24) is 15.2 Å². The molecule has 4 rings (SSSR count). The number of carbonyl (C=O) groups is 2. The molecule has 0 unspecified atom stereocenters. The maximum absolute atomic E-state index is 14.2. The van der Waals surface area contributed by atoms with Gasteiger partial charge in [0, 0.05) is 50.8 Å².